The second-order valence-electron chi connectivity index (χ2n) is 6.81. The van der Waals surface area contributed by atoms with Crippen LogP contribution in [0.3, 0.4) is 0 Å². The fourth-order valence-electron chi connectivity index (χ4n) is 4.12. The van der Waals surface area contributed by atoms with Crippen LogP contribution in [-0.2, 0) is 6.42 Å². The second kappa shape index (κ2) is 8.06. The predicted octanol–water partition coefficient (Wildman–Crippen LogP) is 2.32. The Labute approximate surface area is 158 Å². The Kier molecular flexibility index (Phi) is 5.77. The molecule has 3 N–H and O–H groups in total. The van der Waals surface area contributed by atoms with Gasteiger partial charge in [-0.15, -0.1) is 0 Å². The van der Waals surface area contributed by atoms with Gasteiger partial charge in [-0.1, -0.05) is 6.07 Å². The van der Waals surface area contributed by atoms with E-state index < -0.39 is 0 Å². The smallest absolute Gasteiger partial charge is 0.161 e. The maximum atomic E-state index is 10.3. The Morgan fingerprint density at radius 3 is 2.19 bits per heavy atom. The van der Waals surface area contributed by atoms with E-state index in [1.54, 1.807) is 20.3 Å². The second-order valence-corrected chi connectivity index (χ2v) is 6.81. The number of phenols is 1. The van der Waals surface area contributed by atoms with Crippen molar-refractivity contribution in [2.24, 2.45) is 11.8 Å². The van der Waals surface area contributed by atoms with Gasteiger partial charge < -0.3 is 29.5 Å². The highest BCUT2D eigenvalue weighted by molar-refractivity contribution is 5.53. The summed E-state index contributed by atoms with van der Waals surface area (Å²) in [4.78, 5) is 0. The monoisotopic (exact) mass is 374 g/mol. The lowest BCUT2D eigenvalue weighted by molar-refractivity contribution is 0.101. The standard InChI is InChI=1S/C21H26O6/c1-25-18-5-4-12(7-20(18)27-3)21-15-9-17(24)19(26-2)8-13(15)6-14(10-22)16(21)11-23/h4-5,7-9,14,16,21-24H,6,10-11H2,1-3H3. The minimum absolute atomic E-state index is 0.0301. The SMILES string of the molecule is COc1cc2c(cc1O)C(c1ccc(OC)c(OC)c1)C(CO)C(CO)C2. The van der Waals surface area contributed by atoms with E-state index in [1.807, 2.05) is 24.3 Å². The Balaban J connectivity index is 2.18. The molecule has 0 aromatic heterocycles. The summed E-state index contributed by atoms with van der Waals surface area (Å²) < 4.78 is 16.0. The largest absolute Gasteiger partial charge is 0.504 e. The minimum Gasteiger partial charge on any atom is -0.504 e. The molecule has 0 aliphatic heterocycles. The molecule has 3 rings (SSSR count). The van der Waals surface area contributed by atoms with Crippen molar-refractivity contribution >= 4 is 0 Å². The van der Waals surface area contributed by atoms with Gasteiger partial charge in [0.15, 0.2) is 23.0 Å². The number of benzene rings is 2. The molecule has 0 heterocycles. The minimum atomic E-state index is -0.201. The number of rotatable bonds is 6. The molecule has 3 atom stereocenters. The molecular formula is C21H26O6. The number of methoxy groups -OCH3 is 3. The van der Waals surface area contributed by atoms with Crippen LogP contribution in [0.1, 0.15) is 22.6 Å². The van der Waals surface area contributed by atoms with E-state index in [-0.39, 0.29) is 36.7 Å². The van der Waals surface area contributed by atoms with Crippen LogP contribution in [0.5, 0.6) is 23.0 Å². The maximum absolute atomic E-state index is 10.3. The number of aliphatic hydroxyl groups is 2. The quantitative estimate of drug-likeness (QED) is 0.719. The van der Waals surface area contributed by atoms with Gasteiger partial charge in [-0.05, 0) is 59.2 Å². The molecule has 27 heavy (non-hydrogen) atoms. The van der Waals surface area contributed by atoms with Crippen molar-refractivity contribution in [3.05, 3.63) is 47.0 Å². The molecule has 2 aromatic rings. The van der Waals surface area contributed by atoms with E-state index in [4.69, 9.17) is 14.2 Å². The Morgan fingerprint density at radius 1 is 0.889 bits per heavy atom. The summed E-state index contributed by atoms with van der Waals surface area (Å²) >= 11 is 0. The van der Waals surface area contributed by atoms with Crippen molar-refractivity contribution in [2.75, 3.05) is 34.5 Å². The van der Waals surface area contributed by atoms with Crippen molar-refractivity contribution in [1.82, 2.24) is 0 Å². The zero-order valence-corrected chi connectivity index (χ0v) is 15.8. The lowest BCUT2D eigenvalue weighted by Gasteiger charge is -2.39. The summed E-state index contributed by atoms with van der Waals surface area (Å²) in [6.45, 7) is -0.103. The molecule has 1 aliphatic carbocycles. The summed E-state index contributed by atoms with van der Waals surface area (Å²) in [7, 11) is 4.67. The lowest BCUT2D eigenvalue weighted by atomic mass is 9.67. The third kappa shape index (κ3) is 3.42. The highest BCUT2D eigenvalue weighted by Crippen LogP contribution is 2.47. The van der Waals surface area contributed by atoms with E-state index >= 15 is 0 Å². The number of aromatic hydroxyl groups is 1. The molecule has 0 radical (unpaired) electrons. The summed E-state index contributed by atoms with van der Waals surface area (Å²) in [5, 5.41) is 30.3. The number of hydrogen-bond donors (Lipinski definition) is 3. The van der Waals surface area contributed by atoms with Gasteiger partial charge in [0.25, 0.3) is 0 Å². The van der Waals surface area contributed by atoms with Crippen LogP contribution in [-0.4, -0.2) is 49.9 Å². The van der Waals surface area contributed by atoms with Gasteiger partial charge in [0.1, 0.15) is 0 Å². The molecule has 0 spiro atoms. The van der Waals surface area contributed by atoms with Gasteiger partial charge in [0.2, 0.25) is 0 Å². The first-order chi connectivity index (χ1) is 13.1. The normalized spacial score (nSPS) is 21.4. The zero-order chi connectivity index (χ0) is 19.6. The van der Waals surface area contributed by atoms with Crippen LogP contribution in [0.15, 0.2) is 30.3 Å². The maximum Gasteiger partial charge on any atom is 0.161 e. The highest BCUT2D eigenvalue weighted by atomic mass is 16.5. The first-order valence-corrected chi connectivity index (χ1v) is 8.91. The number of fused-ring (bicyclic) bond motifs is 1. The Morgan fingerprint density at radius 2 is 1.59 bits per heavy atom. The number of ether oxygens (including phenoxy) is 3. The van der Waals surface area contributed by atoms with E-state index in [1.165, 1.54) is 7.11 Å². The van der Waals surface area contributed by atoms with Gasteiger partial charge in [-0.2, -0.15) is 0 Å². The third-order valence-corrected chi connectivity index (χ3v) is 5.50. The number of aliphatic hydroxyl groups excluding tert-OH is 2. The van der Waals surface area contributed by atoms with E-state index in [0.29, 0.717) is 23.7 Å². The molecule has 0 fully saturated rings. The summed E-state index contributed by atoms with van der Waals surface area (Å²) in [5.74, 6) is 1.18. The summed E-state index contributed by atoms with van der Waals surface area (Å²) in [5.41, 5.74) is 2.84. The first kappa shape index (κ1) is 19.3. The van der Waals surface area contributed by atoms with E-state index in [2.05, 4.69) is 0 Å². The van der Waals surface area contributed by atoms with Crippen LogP contribution in [0.2, 0.25) is 0 Å². The topological polar surface area (TPSA) is 88.4 Å². The number of phenolic OH excluding ortho intramolecular Hbond substituents is 1. The van der Waals surface area contributed by atoms with Gasteiger partial charge >= 0.3 is 0 Å². The van der Waals surface area contributed by atoms with Crippen molar-refractivity contribution in [2.45, 2.75) is 12.3 Å². The molecule has 6 nitrogen and oxygen atoms in total. The molecule has 0 saturated heterocycles. The number of hydrogen-bond acceptors (Lipinski definition) is 6. The van der Waals surface area contributed by atoms with Crippen LogP contribution in [0, 0.1) is 11.8 Å². The molecule has 2 aromatic carbocycles. The van der Waals surface area contributed by atoms with Crippen molar-refractivity contribution in [1.29, 1.82) is 0 Å². The molecule has 6 heteroatoms. The van der Waals surface area contributed by atoms with E-state index in [9.17, 15) is 15.3 Å². The fraction of sp³-hybridized carbons (Fsp3) is 0.429. The molecule has 0 saturated carbocycles. The van der Waals surface area contributed by atoms with Gasteiger partial charge in [0.05, 0.1) is 21.3 Å². The van der Waals surface area contributed by atoms with Gasteiger partial charge in [-0.3, -0.25) is 0 Å². The molecule has 0 amide bonds. The molecular weight excluding hydrogens is 348 g/mol. The van der Waals surface area contributed by atoms with Crippen molar-refractivity contribution in [3.63, 3.8) is 0 Å². The third-order valence-electron chi connectivity index (χ3n) is 5.50. The highest BCUT2D eigenvalue weighted by Gasteiger charge is 2.38. The molecule has 146 valence electrons. The molecule has 3 unspecified atom stereocenters. The van der Waals surface area contributed by atoms with Crippen LogP contribution >= 0.6 is 0 Å². The molecule has 0 bridgehead atoms. The zero-order valence-electron chi connectivity index (χ0n) is 15.8. The van der Waals surface area contributed by atoms with Crippen LogP contribution < -0.4 is 14.2 Å². The average Bonchev–Trinajstić information content (AvgIpc) is 2.71. The summed E-state index contributed by atoms with van der Waals surface area (Å²) in [6, 6.07) is 9.16. The van der Waals surface area contributed by atoms with Crippen LogP contribution in [0.25, 0.3) is 0 Å². The van der Waals surface area contributed by atoms with E-state index in [0.717, 1.165) is 16.7 Å². The van der Waals surface area contributed by atoms with Crippen molar-refractivity contribution < 1.29 is 29.5 Å². The fourth-order valence-corrected chi connectivity index (χ4v) is 4.12. The molecule has 1 aliphatic rings. The van der Waals surface area contributed by atoms with Gasteiger partial charge in [0, 0.05) is 19.1 Å². The Bertz CT molecular complexity index is 803. The van der Waals surface area contributed by atoms with Gasteiger partial charge in [-0.25, -0.2) is 0 Å². The average molecular weight is 374 g/mol. The first-order valence-electron chi connectivity index (χ1n) is 8.91. The van der Waals surface area contributed by atoms with Crippen LogP contribution in [0.4, 0.5) is 0 Å². The Hall–Kier alpha value is -2.44. The lowest BCUT2D eigenvalue weighted by Crippen LogP contribution is -2.35. The van der Waals surface area contributed by atoms with Crippen molar-refractivity contribution in [3.8, 4) is 23.0 Å². The predicted molar refractivity (Wildman–Crippen MR) is 101 cm³/mol. The summed E-state index contributed by atoms with van der Waals surface area (Å²) in [6.07, 6.45) is 0.609.